The van der Waals surface area contributed by atoms with Gasteiger partial charge in [-0.1, -0.05) is 6.92 Å². The summed E-state index contributed by atoms with van der Waals surface area (Å²) in [5.74, 6) is 0.635. The molecule has 4 heteroatoms. The van der Waals surface area contributed by atoms with Crippen molar-refractivity contribution in [1.82, 2.24) is 9.61 Å². The van der Waals surface area contributed by atoms with Crippen molar-refractivity contribution in [3.63, 3.8) is 0 Å². The van der Waals surface area contributed by atoms with Crippen LogP contribution in [0.2, 0.25) is 0 Å². The topological polar surface area (TPSA) is 43.6 Å². The van der Waals surface area contributed by atoms with Crippen LogP contribution in [0.25, 0.3) is 5.52 Å². The molecule has 0 aliphatic heterocycles. The molecule has 15 heavy (non-hydrogen) atoms. The molecule has 0 atom stereocenters. The van der Waals surface area contributed by atoms with E-state index in [2.05, 4.69) is 5.10 Å². The largest absolute Gasteiger partial charge is 0.481 e. The van der Waals surface area contributed by atoms with Crippen molar-refractivity contribution in [1.29, 1.82) is 0 Å². The minimum atomic E-state index is 0.628. The summed E-state index contributed by atoms with van der Waals surface area (Å²) in [7, 11) is 1.59. The van der Waals surface area contributed by atoms with E-state index in [9.17, 15) is 4.79 Å². The summed E-state index contributed by atoms with van der Waals surface area (Å²) in [4.78, 5) is 10.8. The zero-order chi connectivity index (χ0) is 10.8. The van der Waals surface area contributed by atoms with E-state index < -0.39 is 0 Å². The van der Waals surface area contributed by atoms with Crippen LogP contribution in [-0.2, 0) is 6.42 Å². The van der Waals surface area contributed by atoms with Gasteiger partial charge in [0, 0.05) is 11.6 Å². The molecule has 0 N–H and O–H groups in total. The monoisotopic (exact) mass is 204 g/mol. The first-order chi connectivity index (χ1) is 7.30. The third-order valence-electron chi connectivity index (χ3n) is 2.37. The van der Waals surface area contributed by atoms with Gasteiger partial charge in [0.25, 0.3) is 0 Å². The van der Waals surface area contributed by atoms with Crippen LogP contribution in [-0.4, -0.2) is 23.0 Å². The molecule has 0 amide bonds. The SMILES string of the molecule is CCc1cc2c(C=O)ccc(OC)n2n1. The van der Waals surface area contributed by atoms with Gasteiger partial charge in [0.05, 0.1) is 18.3 Å². The van der Waals surface area contributed by atoms with Gasteiger partial charge in [0.1, 0.15) is 0 Å². The molecule has 78 valence electrons. The van der Waals surface area contributed by atoms with Gasteiger partial charge in [-0.25, -0.2) is 4.52 Å². The maximum absolute atomic E-state index is 10.8. The summed E-state index contributed by atoms with van der Waals surface area (Å²) < 4.78 is 6.82. The molecule has 0 unspecified atom stereocenters. The molecular formula is C11H12N2O2. The number of fused-ring (bicyclic) bond motifs is 1. The van der Waals surface area contributed by atoms with E-state index in [0.29, 0.717) is 11.4 Å². The molecule has 0 spiro atoms. The van der Waals surface area contributed by atoms with Crippen molar-refractivity contribution >= 4 is 11.8 Å². The number of aromatic nitrogens is 2. The highest BCUT2D eigenvalue weighted by molar-refractivity contribution is 5.86. The molecular weight excluding hydrogens is 192 g/mol. The molecule has 0 bridgehead atoms. The Kier molecular flexibility index (Phi) is 2.41. The van der Waals surface area contributed by atoms with Crippen molar-refractivity contribution < 1.29 is 9.53 Å². The van der Waals surface area contributed by atoms with Crippen LogP contribution in [0.5, 0.6) is 5.88 Å². The van der Waals surface area contributed by atoms with Crippen LogP contribution in [0.3, 0.4) is 0 Å². The van der Waals surface area contributed by atoms with Crippen LogP contribution in [0.1, 0.15) is 23.0 Å². The van der Waals surface area contributed by atoms with Gasteiger partial charge in [-0.15, -0.1) is 0 Å². The summed E-state index contributed by atoms with van der Waals surface area (Å²) in [6, 6.07) is 5.39. The van der Waals surface area contributed by atoms with Crippen molar-refractivity contribution in [3.8, 4) is 5.88 Å². The molecule has 2 heterocycles. The summed E-state index contributed by atoms with van der Waals surface area (Å²) in [5.41, 5.74) is 2.37. The van der Waals surface area contributed by atoms with Gasteiger partial charge in [0.15, 0.2) is 6.29 Å². The highest BCUT2D eigenvalue weighted by atomic mass is 16.5. The summed E-state index contributed by atoms with van der Waals surface area (Å²) in [6.45, 7) is 2.02. The Balaban J connectivity index is 2.77. The fourth-order valence-electron chi connectivity index (χ4n) is 1.55. The molecule has 0 saturated heterocycles. The van der Waals surface area contributed by atoms with E-state index in [-0.39, 0.29) is 0 Å². The van der Waals surface area contributed by atoms with Crippen molar-refractivity contribution in [3.05, 3.63) is 29.5 Å². The lowest BCUT2D eigenvalue weighted by molar-refractivity contribution is 0.112. The third-order valence-corrected chi connectivity index (χ3v) is 2.37. The molecule has 0 fully saturated rings. The lowest BCUT2D eigenvalue weighted by Gasteiger charge is -2.03. The number of carbonyl (C=O) groups excluding carboxylic acids is 1. The van der Waals surface area contributed by atoms with Crippen molar-refractivity contribution in [2.75, 3.05) is 7.11 Å². The first kappa shape index (κ1) is 9.71. The number of aryl methyl sites for hydroxylation is 1. The Morgan fingerprint density at radius 1 is 1.53 bits per heavy atom. The van der Waals surface area contributed by atoms with E-state index in [1.54, 1.807) is 23.8 Å². The Bertz CT molecular complexity index is 503. The summed E-state index contributed by atoms with van der Waals surface area (Å²) in [5, 5.41) is 4.34. The lowest BCUT2D eigenvalue weighted by Crippen LogP contribution is -1.98. The van der Waals surface area contributed by atoms with Crippen molar-refractivity contribution in [2.24, 2.45) is 0 Å². The molecule has 2 aromatic rings. The molecule has 0 aliphatic rings. The van der Waals surface area contributed by atoms with E-state index in [4.69, 9.17) is 4.74 Å². The number of methoxy groups -OCH3 is 1. The summed E-state index contributed by atoms with van der Waals surface area (Å²) in [6.07, 6.45) is 1.67. The van der Waals surface area contributed by atoms with Crippen LogP contribution in [0.4, 0.5) is 0 Å². The van der Waals surface area contributed by atoms with E-state index in [1.807, 2.05) is 13.0 Å². The molecule has 2 rings (SSSR count). The minimum Gasteiger partial charge on any atom is -0.481 e. The third kappa shape index (κ3) is 1.48. The Labute approximate surface area is 87.5 Å². The standard InChI is InChI=1S/C11H12N2O2/c1-3-9-6-10-8(7-14)4-5-11(15-2)13(10)12-9/h4-7H,3H2,1-2H3. The zero-order valence-electron chi connectivity index (χ0n) is 8.73. The van der Waals surface area contributed by atoms with Crippen LogP contribution >= 0.6 is 0 Å². The highest BCUT2D eigenvalue weighted by Gasteiger charge is 2.08. The number of hydrogen-bond donors (Lipinski definition) is 0. The predicted octanol–water partition coefficient (Wildman–Crippen LogP) is 1.72. The van der Waals surface area contributed by atoms with Gasteiger partial charge in [-0.3, -0.25) is 4.79 Å². The zero-order valence-corrected chi connectivity index (χ0v) is 8.73. The first-order valence-electron chi connectivity index (χ1n) is 4.81. The number of aldehydes is 1. The van der Waals surface area contributed by atoms with E-state index >= 15 is 0 Å². The average molecular weight is 204 g/mol. The van der Waals surface area contributed by atoms with Gasteiger partial charge in [-0.2, -0.15) is 5.10 Å². The molecule has 0 aromatic carbocycles. The van der Waals surface area contributed by atoms with Gasteiger partial charge < -0.3 is 4.74 Å². The van der Waals surface area contributed by atoms with Crippen LogP contribution in [0.15, 0.2) is 18.2 Å². The van der Waals surface area contributed by atoms with E-state index in [1.165, 1.54) is 0 Å². The molecule has 0 aliphatic carbocycles. The normalized spacial score (nSPS) is 10.5. The Hall–Kier alpha value is -1.84. The number of hydrogen-bond acceptors (Lipinski definition) is 3. The van der Waals surface area contributed by atoms with Crippen LogP contribution in [0, 0.1) is 0 Å². The number of rotatable bonds is 3. The fourth-order valence-corrected chi connectivity index (χ4v) is 1.55. The van der Waals surface area contributed by atoms with Gasteiger partial charge in [0.2, 0.25) is 5.88 Å². The Morgan fingerprint density at radius 2 is 2.33 bits per heavy atom. The predicted molar refractivity (Wildman–Crippen MR) is 56.5 cm³/mol. The molecule has 0 radical (unpaired) electrons. The van der Waals surface area contributed by atoms with Gasteiger partial charge in [-0.05, 0) is 18.6 Å². The Morgan fingerprint density at radius 3 is 2.93 bits per heavy atom. The van der Waals surface area contributed by atoms with Crippen LogP contribution < -0.4 is 4.74 Å². The smallest absolute Gasteiger partial charge is 0.214 e. The first-order valence-corrected chi connectivity index (χ1v) is 4.81. The molecule has 4 nitrogen and oxygen atoms in total. The number of ether oxygens (including phenoxy) is 1. The average Bonchev–Trinajstić information content (AvgIpc) is 2.71. The maximum Gasteiger partial charge on any atom is 0.214 e. The number of nitrogens with zero attached hydrogens (tertiary/aromatic N) is 2. The quantitative estimate of drug-likeness (QED) is 0.715. The second-order valence-corrected chi connectivity index (χ2v) is 3.24. The number of pyridine rings is 1. The fraction of sp³-hybridized carbons (Fsp3) is 0.273. The van der Waals surface area contributed by atoms with Crippen molar-refractivity contribution in [2.45, 2.75) is 13.3 Å². The lowest BCUT2D eigenvalue weighted by atomic mass is 10.2. The molecule has 0 saturated carbocycles. The minimum absolute atomic E-state index is 0.628. The highest BCUT2D eigenvalue weighted by Crippen LogP contribution is 2.18. The number of carbonyl (C=O) groups is 1. The maximum atomic E-state index is 10.8. The second kappa shape index (κ2) is 3.73. The van der Waals surface area contributed by atoms with E-state index in [0.717, 1.165) is 23.9 Å². The second-order valence-electron chi connectivity index (χ2n) is 3.24. The molecule has 2 aromatic heterocycles. The van der Waals surface area contributed by atoms with Gasteiger partial charge >= 0.3 is 0 Å². The summed E-state index contributed by atoms with van der Waals surface area (Å²) >= 11 is 0.